The van der Waals surface area contributed by atoms with Crippen molar-refractivity contribution >= 4 is 46.4 Å². The molecule has 24 heavy (non-hydrogen) atoms. The molecule has 1 aromatic heterocycles. The second-order valence-electron chi connectivity index (χ2n) is 5.23. The number of rotatable bonds is 6. The van der Waals surface area contributed by atoms with Crippen molar-refractivity contribution in [3.05, 3.63) is 52.8 Å². The minimum absolute atomic E-state index is 0.112. The van der Waals surface area contributed by atoms with Crippen LogP contribution in [0.25, 0.3) is 0 Å². The largest absolute Gasteiger partial charge is 0.322 e. The van der Waals surface area contributed by atoms with E-state index < -0.39 is 0 Å². The molecule has 0 aliphatic rings. The zero-order valence-corrected chi connectivity index (χ0v) is 14.5. The molecule has 0 fully saturated rings. The quantitative estimate of drug-likeness (QED) is 0.677. The van der Waals surface area contributed by atoms with Crippen molar-refractivity contribution in [2.45, 2.75) is 0 Å². The molecule has 0 saturated heterocycles. The number of hydrogen-bond donors (Lipinski definition) is 3. The molecule has 2 rings (SSSR count). The minimum Gasteiger partial charge on any atom is -0.322 e. The zero-order valence-electron chi connectivity index (χ0n) is 13.0. The molecular formula is C16H17Cl2N4O2+. The van der Waals surface area contributed by atoms with Gasteiger partial charge in [0, 0.05) is 6.20 Å². The third-order valence-electron chi connectivity index (χ3n) is 3.11. The van der Waals surface area contributed by atoms with E-state index in [1.54, 1.807) is 43.4 Å². The number of benzene rings is 1. The maximum atomic E-state index is 12.0. The maximum absolute atomic E-state index is 12.0. The van der Waals surface area contributed by atoms with Crippen LogP contribution in [0.5, 0.6) is 0 Å². The van der Waals surface area contributed by atoms with Gasteiger partial charge in [-0.3, -0.25) is 9.59 Å². The van der Waals surface area contributed by atoms with Crippen LogP contribution in [0.3, 0.4) is 0 Å². The number of pyridine rings is 1. The van der Waals surface area contributed by atoms with Crippen LogP contribution in [-0.2, 0) is 9.59 Å². The van der Waals surface area contributed by atoms with Gasteiger partial charge in [0.1, 0.15) is 0 Å². The number of hydrogen-bond acceptors (Lipinski definition) is 3. The summed E-state index contributed by atoms with van der Waals surface area (Å²) < 4.78 is 0. The number of carbonyl (C=O) groups excluding carboxylic acids is 2. The normalized spacial score (nSPS) is 11.6. The number of carbonyl (C=O) groups is 2. The molecule has 2 amide bonds. The summed E-state index contributed by atoms with van der Waals surface area (Å²) >= 11 is 11.9. The predicted octanol–water partition coefficient (Wildman–Crippen LogP) is 1.48. The number of nitrogens with one attached hydrogen (secondary N) is 3. The van der Waals surface area contributed by atoms with Crippen LogP contribution < -0.4 is 15.5 Å². The van der Waals surface area contributed by atoms with Crippen molar-refractivity contribution in [2.24, 2.45) is 0 Å². The molecule has 6 nitrogen and oxygen atoms in total. The number of para-hydroxylation sites is 1. The van der Waals surface area contributed by atoms with E-state index in [0.717, 1.165) is 4.90 Å². The van der Waals surface area contributed by atoms with Crippen LogP contribution >= 0.6 is 23.2 Å². The Labute approximate surface area is 149 Å². The molecule has 0 radical (unpaired) electrons. The second kappa shape index (κ2) is 8.63. The number of amides is 2. The van der Waals surface area contributed by atoms with Gasteiger partial charge in [-0.25, -0.2) is 4.98 Å². The molecule has 1 heterocycles. The van der Waals surface area contributed by atoms with E-state index in [1.807, 2.05) is 0 Å². The molecule has 0 saturated carbocycles. The smallest absolute Gasteiger partial charge is 0.279 e. The van der Waals surface area contributed by atoms with Gasteiger partial charge < -0.3 is 15.5 Å². The van der Waals surface area contributed by atoms with Gasteiger partial charge in [-0.05, 0) is 24.3 Å². The highest BCUT2D eigenvalue weighted by Crippen LogP contribution is 2.20. The Bertz CT molecular complexity index is 678. The SMILES string of the molecule is C[NH+](CC(=O)Nc1ccccc1Cl)CC(=O)Nc1cccnc1Cl. The summed E-state index contributed by atoms with van der Waals surface area (Å²) in [6, 6.07) is 10.3. The first-order valence-electron chi connectivity index (χ1n) is 7.21. The van der Waals surface area contributed by atoms with E-state index in [9.17, 15) is 9.59 Å². The number of anilines is 2. The molecule has 0 bridgehead atoms. The van der Waals surface area contributed by atoms with E-state index in [1.165, 1.54) is 6.20 Å². The van der Waals surface area contributed by atoms with Gasteiger partial charge in [0.25, 0.3) is 11.8 Å². The van der Waals surface area contributed by atoms with Crippen LogP contribution in [0, 0.1) is 0 Å². The van der Waals surface area contributed by atoms with Gasteiger partial charge in [-0.1, -0.05) is 35.3 Å². The first kappa shape index (κ1) is 18.2. The number of halogens is 2. The van der Waals surface area contributed by atoms with Crippen molar-refractivity contribution in [1.82, 2.24) is 4.98 Å². The highest BCUT2D eigenvalue weighted by atomic mass is 35.5. The minimum atomic E-state index is -0.257. The fourth-order valence-electron chi connectivity index (χ4n) is 2.04. The summed E-state index contributed by atoms with van der Waals surface area (Å²) in [6.07, 6.45) is 1.54. The summed E-state index contributed by atoms with van der Waals surface area (Å²) in [7, 11) is 1.75. The third-order valence-corrected chi connectivity index (χ3v) is 3.74. The lowest BCUT2D eigenvalue weighted by Crippen LogP contribution is -3.11. The fraction of sp³-hybridized carbons (Fsp3) is 0.188. The first-order chi connectivity index (χ1) is 11.5. The van der Waals surface area contributed by atoms with Crippen LogP contribution in [-0.4, -0.2) is 36.9 Å². The topological polar surface area (TPSA) is 75.5 Å². The van der Waals surface area contributed by atoms with E-state index in [2.05, 4.69) is 15.6 Å². The Kier molecular flexibility index (Phi) is 6.54. The highest BCUT2D eigenvalue weighted by Gasteiger charge is 2.16. The van der Waals surface area contributed by atoms with Gasteiger partial charge in [0.05, 0.1) is 23.4 Å². The van der Waals surface area contributed by atoms with Gasteiger partial charge in [0.2, 0.25) is 0 Å². The van der Waals surface area contributed by atoms with Crippen molar-refractivity contribution in [3.63, 3.8) is 0 Å². The molecule has 1 atom stereocenters. The van der Waals surface area contributed by atoms with E-state index >= 15 is 0 Å². The molecule has 2 aromatic rings. The van der Waals surface area contributed by atoms with Crippen molar-refractivity contribution < 1.29 is 14.5 Å². The van der Waals surface area contributed by atoms with Gasteiger partial charge in [-0.2, -0.15) is 0 Å². The Balaban J connectivity index is 1.83. The number of nitrogens with zero attached hydrogens (tertiary/aromatic N) is 1. The molecule has 1 unspecified atom stereocenters. The van der Waals surface area contributed by atoms with Crippen LogP contribution in [0.2, 0.25) is 10.2 Å². The standard InChI is InChI=1S/C16H16Cl2N4O2/c1-22(9-14(23)20-12-6-3-2-5-11(12)17)10-15(24)21-13-7-4-8-19-16(13)18/h2-8H,9-10H2,1H3,(H,20,23)(H,21,24)/p+1. The number of likely N-dealkylation sites (N-methyl/N-ethyl adjacent to an activating group) is 1. The van der Waals surface area contributed by atoms with Crippen molar-refractivity contribution in [3.8, 4) is 0 Å². The lowest BCUT2D eigenvalue weighted by molar-refractivity contribution is -0.862. The molecule has 126 valence electrons. The Morgan fingerprint density at radius 2 is 1.58 bits per heavy atom. The number of quaternary nitrogens is 1. The zero-order chi connectivity index (χ0) is 17.5. The maximum Gasteiger partial charge on any atom is 0.279 e. The van der Waals surface area contributed by atoms with E-state index in [-0.39, 0.29) is 30.1 Å². The van der Waals surface area contributed by atoms with Crippen molar-refractivity contribution in [2.75, 3.05) is 30.8 Å². The molecule has 8 heteroatoms. The van der Waals surface area contributed by atoms with Gasteiger partial charge in [-0.15, -0.1) is 0 Å². The molecular weight excluding hydrogens is 351 g/mol. The monoisotopic (exact) mass is 367 g/mol. The van der Waals surface area contributed by atoms with E-state index in [4.69, 9.17) is 23.2 Å². The Morgan fingerprint density at radius 3 is 2.21 bits per heavy atom. The lowest BCUT2D eigenvalue weighted by Gasteiger charge is -2.14. The molecule has 0 spiro atoms. The van der Waals surface area contributed by atoms with Gasteiger partial charge >= 0.3 is 0 Å². The average Bonchev–Trinajstić information content (AvgIpc) is 2.51. The summed E-state index contributed by atoms with van der Waals surface area (Å²) in [6.45, 7) is 0.237. The van der Waals surface area contributed by atoms with Crippen molar-refractivity contribution in [1.29, 1.82) is 0 Å². The first-order valence-corrected chi connectivity index (χ1v) is 7.97. The molecule has 3 N–H and O–H groups in total. The number of aromatic nitrogens is 1. The summed E-state index contributed by atoms with van der Waals surface area (Å²) in [4.78, 5) is 28.6. The molecule has 0 aliphatic heterocycles. The Hall–Kier alpha value is -2.15. The average molecular weight is 368 g/mol. The van der Waals surface area contributed by atoms with Crippen LogP contribution in [0.15, 0.2) is 42.6 Å². The molecule has 0 aliphatic carbocycles. The lowest BCUT2D eigenvalue weighted by atomic mass is 10.3. The second-order valence-corrected chi connectivity index (χ2v) is 5.99. The van der Waals surface area contributed by atoms with Crippen LogP contribution in [0.4, 0.5) is 11.4 Å². The summed E-state index contributed by atoms with van der Waals surface area (Å²) in [5.74, 6) is -0.485. The Morgan fingerprint density at radius 1 is 1.00 bits per heavy atom. The fourth-order valence-corrected chi connectivity index (χ4v) is 2.39. The molecule has 1 aromatic carbocycles. The highest BCUT2D eigenvalue weighted by molar-refractivity contribution is 6.33. The summed E-state index contributed by atoms with van der Waals surface area (Å²) in [5.41, 5.74) is 0.987. The predicted molar refractivity (Wildman–Crippen MR) is 94.6 cm³/mol. The van der Waals surface area contributed by atoms with Crippen LogP contribution in [0.1, 0.15) is 0 Å². The summed E-state index contributed by atoms with van der Waals surface area (Å²) in [5, 5.41) is 6.07. The van der Waals surface area contributed by atoms with Gasteiger partial charge in [0.15, 0.2) is 18.2 Å². The van der Waals surface area contributed by atoms with E-state index in [0.29, 0.717) is 16.4 Å². The third kappa shape index (κ3) is 5.49.